The van der Waals surface area contributed by atoms with Gasteiger partial charge in [-0.05, 0) is 61.1 Å². The highest BCUT2D eigenvalue weighted by Crippen LogP contribution is 2.34. The molecule has 3 aromatic carbocycles. The molecule has 2 fully saturated rings. The average Bonchev–Trinajstić information content (AvgIpc) is 4.21. The SMILES string of the molecule is C=C.CC.CC.CCC.CN(C)c1ccc(-c2cc(-c3cnc([C@@H]4CCCN4C(=O)CNC=O)[nH]3)ccc2C#C/C=C/N=C(N)C2CCCN2C(=O)CNC=O)cc1.COC.COC.c1ccccc1. The standard InChI is InChI=1S/C36H41N9O4.C6H6.C3H8.2C2H6O.2C2H6.C2H4/c1-43(2)28-14-12-26(13-15-28)29-19-27(30-20-41-36(42-30)32-9-6-18-45(32)34(49)22-39-24-47)11-10-25(29)7-3-4-16-40-35(37)31-8-5-17-44(31)33(48)21-38-23-46;1-2-4-6-5-3-1;3*1-3-2;3*1-2/h4,10-16,19-20,23-24,31-32H,5-6,8-9,17-18,21-22H2,1-2H3,(H2,37,40)(H,38,46)(H,39,47)(H,41,42);1-6H;3H2,1-2H3;2*1-2H3;2*1-2H3;1-2H2/b16-4+;;;;;;;/t31?,32-;;;;;;;/m0......./s1. The summed E-state index contributed by atoms with van der Waals surface area (Å²) < 4.78 is 8.50. The summed E-state index contributed by atoms with van der Waals surface area (Å²) in [6.45, 7) is 19.3. The lowest BCUT2D eigenvalue weighted by molar-refractivity contribution is -0.132. The van der Waals surface area contributed by atoms with Crippen LogP contribution < -0.4 is 21.3 Å². The van der Waals surface area contributed by atoms with Gasteiger partial charge in [0.15, 0.2) is 0 Å². The van der Waals surface area contributed by atoms with Crippen molar-refractivity contribution in [3.05, 3.63) is 122 Å². The third-order valence-electron chi connectivity index (χ3n) is 9.35. The number of nitrogens with one attached hydrogen (secondary N) is 3. The van der Waals surface area contributed by atoms with Crippen LogP contribution in [-0.4, -0.2) is 125 Å². The summed E-state index contributed by atoms with van der Waals surface area (Å²) in [5, 5.41) is 4.86. The Hall–Kier alpha value is -7.02. The molecule has 6 rings (SSSR count). The van der Waals surface area contributed by atoms with E-state index in [0.717, 1.165) is 52.9 Å². The smallest absolute Gasteiger partial charge is 0.242 e. The van der Waals surface area contributed by atoms with Gasteiger partial charge < -0.3 is 45.5 Å². The zero-order chi connectivity index (χ0) is 53.1. The highest BCUT2D eigenvalue weighted by molar-refractivity contribution is 5.92. The monoisotopic (exact) mass is 966 g/mol. The van der Waals surface area contributed by atoms with Crippen LogP contribution in [0.3, 0.4) is 0 Å². The number of aromatic nitrogens is 2. The minimum atomic E-state index is -0.317. The number of aliphatic imine (C=N–C) groups is 1. The van der Waals surface area contributed by atoms with Crippen molar-refractivity contribution in [2.75, 3.05) is 73.6 Å². The Morgan fingerprint density at radius 3 is 1.83 bits per heavy atom. The summed E-state index contributed by atoms with van der Waals surface area (Å²) in [4.78, 5) is 64.2. The van der Waals surface area contributed by atoms with Crippen LogP contribution in [0.2, 0.25) is 0 Å². The third kappa shape index (κ3) is 24.3. The lowest BCUT2D eigenvalue weighted by atomic mass is 9.96. The molecule has 2 aliphatic heterocycles. The van der Waals surface area contributed by atoms with Gasteiger partial charge >= 0.3 is 0 Å². The van der Waals surface area contributed by atoms with Crippen LogP contribution in [0.25, 0.3) is 22.4 Å². The second-order valence-electron chi connectivity index (χ2n) is 14.7. The first-order chi connectivity index (χ1) is 34.0. The molecule has 1 unspecified atom stereocenters. The largest absolute Gasteiger partial charge is 0.388 e. The van der Waals surface area contributed by atoms with Crippen molar-refractivity contribution in [3.8, 4) is 34.2 Å². The van der Waals surface area contributed by atoms with Crippen LogP contribution in [0.15, 0.2) is 115 Å². The molecule has 15 nitrogen and oxygen atoms in total. The fraction of sp³-hybridized carbons (Fsp3) is 0.418. The highest BCUT2D eigenvalue weighted by Gasteiger charge is 2.32. The summed E-state index contributed by atoms with van der Waals surface area (Å²) >= 11 is 0. The van der Waals surface area contributed by atoms with Crippen molar-refractivity contribution in [2.24, 2.45) is 10.7 Å². The van der Waals surface area contributed by atoms with Crippen molar-refractivity contribution < 1.29 is 28.7 Å². The van der Waals surface area contributed by atoms with Crippen LogP contribution in [0.4, 0.5) is 5.69 Å². The first kappa shape index (κ1) is 65.1. The molecular formula is C55H83N9O6. The molecule has 4 aromatic rings. The van der Waals surface area contributed by atoms with Crippen LogP contribution in [0.1, 0.15) is 91.1 Å². The number of benzene rings is 3. The van der Waals surface area contributed by atoms with E-state index in [-0.39, 0.29) is 37.0 Å². The van der Waals surface area contributed by atoms with Crippen molar-refractivity contribution in [1.82, 2.24) is 30.4 Å². The van der Waals surface area contributed by atoms with E-state index in [0.29, 0.717) is 44.0 Å². The van der Waals surface area contributed by atoms with E-state index in [9.17, 15) is 19.2 Å². The molecule has 0 aliphatic carbocycles. The van der Waals surface area contributed by atoms with E-state index >= 15 is 0 Å². The molecule has 0 bridgehead atoms. The molecule has 70 heavy (non-hydrogen) atoms. The number of ether oxygens (including phenoxy) is 2. The van der Waals surface area contributed by atoms with Crippen molar-refractivity contribution in [1.29, 1.82) is 0 Å². The molecule has 5 N–H and O–H groups in total. The summed E-state index contributed by atoms with van der Waals surface area (Å²) in [5.74, 6) is 7.00. The van der Waals surface area contributed by atoms with Crippen molar-refractivity contribution in [2.45, 2.75) is 85.7 Å². The van der Waals surface area contributed by atoms with Gasteiger partial charge in [0, 0.05) is 84.7 Å². The van der Waals surface area contributed by atoms with Crippen molar-refractivity contribution in [3.63, 3.8) is 0 Å². The number of amides is 4. The van der Waals surface area contributed by atoms with Gasteiger partial charge in [-0.3, -0.25) is 19.2 Å². The van der Waals surface area contributed by atoms with Gasteiger partial charge in [-0.15, -0.1) is 13.2 Å². The number of hydrogen-bond donors (Lipinski definition) is 4. The molecule has 2 atom stereocenters. The number of carbonyl (C=O) groups is 4. The number of anilines is 1. The number of imidazole rings is 1. The van der Waals surface area contributed by atoms with E-state index in [2.05, 4.69) is 104 Å². The fourth-order valence-electron chi connectivity index (χ4n) is 6.59. The minimum Gasteiger partial charge on any atom is -0.388 e. The lowest BCUT2D eigenvalue weighted by Crippen LogP contribution is -2.46. The Morgan fingerprint density at radius 1 is 0.829 bits per heavy atom. The molecule has 2 aliphatic rings. The van der Waals surface area contributed by atoms with Gasteiger partial charge in [0.05, 0.1) is 37.1 Å². The molecular weight excluding hydrogens is 883 g/mol. The quantitative estimate of drug-likeness (QED) is 0.0354. The topological polar surface area (TPSA) is 188 Å². The Kier molecular flexibility index (Phi) is 39.1. The summed E-state index contributed by atoms with van der Waals surface area (Å²) in [7, 11) is 10.5. The maximum Gasteiger partial charge on any atom is 0.242 e. The molecule has 3 heterocycles. The number of nitrogens with two attached hydrogens (primary N) is 1. The molecule has 0 spiro atoms. The number of allylic oxidation sites excluding steroid dienone is 1. The Morgan fingerprint density at radius 2 is 1.31 bits per heavy atom. The fourth-order valence-corrected chi connectivity index (χ4v) is 6.59. The number of aromatic amines is 1. The van der Waals surface area contributed by atoms with E-state index in [1.54, 1.807) is 50.5 Å². The predicted molar refractivity (Wildman–Crippen MR) is 290 cm³/mol. The number of H-pyrrole nitrogens is 1. The second-order valence-corrected chi connectivity index (χ2v) is 14.7. The number of carbonyl (C=O) groups excluding carboxylic acids is 4. The van der Waals surface area contributed by atoms with Gasteiger partial charge in [0.25, 0.3) is 0 Å². The first-order valence-electron chi connectivity index (χ1n) is 23.7. The van der Waals surface area contributed by atoms with Crippen LogP contribution in [-0.2, 0) is 28.7 Å². The second kappa shape index (κ2) is 42.1. The average molecular weight is 966 g/mol. The van der Waals surface area contributed by atoms with Gasteiger partial charge in [0.2, 0.25) is 24.6 Å². The number of rotatable bonds is 12. The zero-order valence-corrected chi connectivity index (χ0v) is 44.1. The van der Waals surface area contributed by atoms with Crippen LogP contribution in [0.5, 0.6) is 0 Å². The number of methoxy groups -OCH3 is 2. The maximum absolute atomic E-state index is 12.7. The maximum atomic E-state index is 12.7. The minimum absolute atomic E-state index is 0.0393. The molecule has 15 heteroatoms. The summed E-state index contributed by atoms with van der Waals surface area (Å²) in [6, 6.07) is 25.8. The molecule has 4 amide bonds. The predicted octanol–water partition coefficient (Wildman–Crippen LogP) is 8.66. The number of amidine groups is 1. The normalized spacial score (nSPS) is 13.9. The molecule has 1 aromatic heterocycles. The summed E-state index contributed by atoms with van der Waals surface area (Å²) in [5.41, 5.74) is 11.8. The van der Waals surface area contributed by atoms with Gasteiger partial charge in [-0.25, -0.2) is 9.98 Å². The van der Waals surface area contributed by atoms with E-state index in [1.165, 1.54) is 12.6 Å². The van der Waals surface area contributed by atoms with Gasteiger partial charge in [-0.1, -0.05) is 114 Å². The number of nitrogens with zero attached hydrogens (tertiary/aromatic N) is 5. The van der Waals surface area contributed by atoms with Gasteiger partial charge in [0.1, 0.15) is 11.7 Å². The molecule has 0 saturated carbocycles. The first-order valence-corrected chi connectivity index (χ1v) is 23.7. The Bertz CT molecular complexity index is 2080. The third-order valence-corrected chi connectivity index (χ3v) is 9.35. The zero-order valence-electron chi connectivity index (χ0n) is 44.1. The van der Waals surface area contributed by atoms with E-state index in [4.69, 9.17) is 5.73 Å². The number of hydrogen-bond acceptors (Lipinski definition) is 9. The molecule has 384 valence electrons. The molecule has 2 saturated heterocycles. The number of likely N-dealkylation sites (tertiary alicyclic amines) is 2. The van der Waals surface area contributed by atoms with Crippen molar-refractivity contribution >= 4 is 36.2 Å². The van der Waals surface area contributed by atoms with E-state index < -0.39 is 0 Å². The Labute approximate surface area is 420 Å². The molecule has 0 radical (unpaired) electrons. The Balaban J connectivity index is 0. The van der Waals surface area contributed by atoms with Crippen LogP contribution >= 0.6 is 0 Å². The van der Waals surface area contributed by atoms with E-state index in [1.807, 2.05) is 95.2 Å². The lowest BCUT2D eigenvalue weighted by Gasteiger charge is -2.23. The summed E-state index contributed by atoms with van der Waals surface area (Å²) in [6.07, 6.45) is 10.4. The highest BCUT2D eigenvalue weighted by atomic mass is 16.5. The van der Waals surface area contributed by atoms with Crippen LogP contribution in [0, 0.1) is 11.8 Å². The van der Waals surface area contributed by atoms with Gasteiger partial charge in [-0.2, -0.15) is 0 Å².